The Bertz CT molecular complexity index is 916. The number of rotatable bonds is 5. The van der Waals surface area contributed by atoms with Gasteiger partial charge in [0.2, 0.25) is 5.91 Å². The topological polar surface area (TPSA) is 85.1 Å². The Morgan fingerprint density at radius 1 is 1.21 bits per heavy atom. The van der Waals surface area contributed by atoms with Crippen LogP contribution in [0.15, 0.2) is 48.5 Å². The van der Waals surface area contributed by atoms with Gasteiger partial charge in [0.05, 0.1) is 25.9 Å². The summed E-state index contributed by atoms with van der Waals surface area (Å²) in [6, 6.07) is 15.4. The number of hydrogen-bond donors (Lipinski definition) is 1. The van der Waals surface area contributed by atoms with Crippen LogP contribution < -0.4 is 20.1 Å². The van der Waals surface area contributed by atoms with E-state index < -0.39 is 12.0 Å². The van der Waals surface area contributed by atoms with Crippen LogP contribution in [0.2, 0.25) is 0 Å². The summed E-state index contributed by atoms with van der Waals surface area (Å²) in [4.78, 5) is 28.8. The van der Waals surface area contributed by atoms with Gasteiger partial charge in [-0.2, -0.15) is 0 Å². The standard InChI is InChI=1S/C22H25N3O4/c1-28-16-7-4-6-15(12-16)17-9-5-11-24(17)14-21(26)25-13-20(22(23)27)29-19-10-3-2-8-18(19)25/h2-4,6-8,10,12,17,20H,5,9,11,13-14H2,1H3,(H2,23,27). The van der Waals surface area contributed by atoms with Crippen LogP contribution in [0.25, 0.3) is 0 Å². The quantitative estimate of drug-likeness (QED) is 0.838. The number of nitrogens with zero attached hydrogens (tertiary/aromatic N) is 2. The Balaban J connectivity index is 1.54. The molecule has 0 aromatic heterocycles. The maximum absolute atomic E-state index is 13.2. The van der Waals surface area contributed by atoms with Gasteiger partial charge in [-0.15, -0.1) is 0 Å². The number of para-hydroxylation sites is 2. The number of anilines is 1. The molecule has 2 unspecified atom stereocenters. The molecular formula is C22H25N3O4. The van der Waals surface area contributed by atoms with Crippen LogP contribution in [0.5, 0.6) is 11.5 Å². The third kappa shape index (κ3) is 3.91. The van der Waals surface area contributed by atoms with Gasteiger partial charge < -0.3 is 20.1 Å². The highest BCUT2D eigenvalue weighted by molar-refractivity contribution is 5.98. The molecule has 0 radical (unpaired) electrons. The highest BCUT2D eigenvalue weighted by Gasteiger charge is 2.35. The molecule has 2 aromatic carbocycles. The molecule has 2 atom stereocenters. The van der Waals surface area contributed by atoms with Crippen LogP contribution in [0, 0.1) is 0 Å². The van der Waals surface area contributed by atoms with Crippen LogP contribution in [0.3, 0.4) is 0 Å². The predicted octanol–water partition coefficient (Wildman–Crippen LogP) is 2.11. The summed E-state index contributed by atoms with van der Waals surface area (Å²) < 4.78 is 11.0. The Kier molecular flexibility index (Phi) is 5.40. The molecular weight excluding hydrogens is 370 g/mol. The minimum Gasteiger partial charge on any atom is -0.497 e. The molecule has 0 aliphatic carbocycles. The molecule has 2 aliphatic rings. The normalized spacial score (nSPS) is 21.3. The molecule has 2 amide bonds. The van der Waals surface area contributed by atoms with Crippen LogP contribution in [0.1, 0.15) is 24.4 Å². The van der Waals surface area contributed by atoms with Crippen molar-refractivity contribution in [1.82, 2.24) is 4.90 Å². The molecule has 2 heterocycles. The number of carbonyl (C=O) groups is 2. The zero-order chi connectivity index (χ0) is 20.4. The van der Waals surface area contributed by atoms with Crippen LogP contribution in [0.4, 0.5) is 5.69 Å². The number of nitrogens with two attached hydrogens (primary N) is 1. The van der Waals surface area contributed by atoms with E-state index in [2.05, 4.69) is 11.0 Å². The minimum absolute atomic E-state index is 0.0678. The number of fused-ring (bicyclic) bond motifs is 1. The first-order chi connectivity index (χ1) is 14.1. The second-order valence-corrected chi connectivity index (χ2v) is 7.39. The molecule has 2 aliphatic heterocycles. The second kappa shape index (κ2) is 8.13. The van der Waals surface area contributed by atoms with Gasteiger partial charge in [0.1, 0.15) is 11.5 Å². The van der Waals surface area contributed by atoms with Gasteiger partial charge in [0, 0.05) is 6.04 Å². The summed E-state index contributed by atoms with van der Waals surface area (Å²) in [5.74, 6) is 0.670. The van der Waals surface area contributed by atoms with Crippen molar-refractivity contribution in [1.29, 1.82) is 0 Å². The minimum atomic E-state index is -0.846. The average molecular weight is 395 g/mol. The van der Waals surface area contributed by atoms with Gasteiger partial charge in [0.15, 0.2) is 6.10 Å². The fraction of sp³-hybridized carbons (Fsp3) is 0.364. The number of carbonyl (C=O) groups excluding carboxylic acids is 2. The molecule has 152 valence electrons. The lowest BCUT2D eigenvalue weighted by atomic mass is 10.0. The van der Waals surface area contributed by atoms with Gasteiger partial charge in [0.25, 0.3) is 5.91 Å². The molecule has 0 spiro atoms. The molecule has 7 nitrogen and oxygen atoms in total. The summed E-state index contributed by atoms with van der Waals surface area (Å²) in [5.41, 5.74) is 7.27. The molecule has 29 heavy (non-hydrogen) atoms. The fourth-order valence-electron chi connectivity index (χ4n) is 4.12. The third-order valence-corrected chi connectivity index (χ3v) is 5.57. The van der Waals surface area contributed by atoms with Gasteiger partial charge in [-0.25, -0.2) is 0 Å². The maximum Gasteiger partial charge on any atom is 0.260 e. The largest absolute Gasteiger partial charge is 0.497 e. The number of amides is 2. The summed E-state index contributed by atoms with van der Waals surface area (Å²) in [5, 5.41) is 0. The summed E-state index contributed by atoms with van der Waals surface area (Å²) in [6.07, 6.45) is 1.17. The van der Waals surface area contributed by atoms with Gasteiger partial charge in [-0.05, 0) is 49.2 Å². The van der Waals surface area contributed by atoms with Crippen molar-refractivity contribution in [2.75, 3.05) is 31.6 Å². The van der Waals surface area contributed by atoms with Crippen molar-refractivity contribution in [2.45, 2.75) is 25.0 Å². The number of benzene rings is 2. The van der Waals surface area contributed by atoms with Crippen molar-refractivity contribution >= 4 is 17.5 Å². The molecule has 1 fully saturated rings. The molecule has 1 saturated heterocycles. The Labute approximate surface area is 170 Å². The van der Waals surface area contributed by atoms with E-state index in [1.807, 2.05) is 36.4 Å². The van der Waals surface area contributed by atoms with E-state index in [0.717, 1.165) is 30.7 Å². The lowest BCUT2D eigenvalue weighted by Gasteiger charge is -2.35. The van der Waals surface area contributed by atoms with E-state index >= 15 is 0 Å². The summed E-state index contributed by atoms with van der Waals surface area (Å²) in [6.45, 7) is 1.24. The zero-order valence-electron chi connectivity index (χ0n) is 16.4. The highest BCUT2D eigenvalue weighted by atomic mass is 16.5. The lowest BCUT2D eigenvalue weighted by Crippen LogP contribution is -2.51. The van der Waals surface area contributed by atoms with Gasteiger partial charge in [-0.1, -0.05) is 24.3 Å². The Morgan fingerprint density at radius 3 is 2.83 bits per heavy atom. The zero-order valence-corrected chi connectivity index (χ0v) is 16.4. The van der Waals surface area contributed by atoms with E-state index in [-0.39, 0.29) is 25.0 Å². The van der Waals surface area contributed by atoms with Crippen molar-refractivity contribution < 1.29 is 19.1 Å². The van der Waals surface area contributed by atoms with Crippen LogP contribution >= 0.6 is 0 Å². The monoisotopic (exact) mass is 395 g/mol. The summed E-state index contributed by atoms with van der Waals surface area (Å²) in [7, 11) is 1.65. The predicted molar refractivity (Wildman–Crippen MR) is 109 cm³/mol. The first-order valence-corrected chi connectivity index (χ1v) is 9.80. The number of primary amides is 1. The maximum atomic E-state index is 13.2. The van der Waals surface area contributed by atoms with Crippen molar-refractivity contribution in [3.63, 3.8) is 0 Å². The summed E-state index contributed by atoms with van der Waals surface area (Å²) >= 11 is 0. The molecule has 2 N–H and O–H groups in total. The number of likely N-dealkylation sites (tertiary alicyclic amines) is 1. The van der Waals surface area contributed by atoms with E-state index in [9.17, 15) is 9.59 Å². The molecule has 0 saturated carbocycles. The highest BCUT2D eigenvalue weighted by Crippen LogP contribution is 2.36. The van der Waals surface area contributed by atoms with Gasteiger partial charge >= 0.3 is 0 Å². The van der Waals surface area contributed by atoms with Crippen LogP contribution in [-0.2, 0) is 9.59 Å². The van der Waals surface area contributed by atoms with E-state index in [0.29, 0.717) is 11.4 Å². The fourth-order valence-corrected chi connectivity index (χ4v) is 4.12. The second-order valence-electron chi connectivity index (χ2n) is 7.39. The van der Waals surface area contributed by atoms with E-state index in [1.165, 1.54) is 0 Å². The molecule has 2 aromatic rings. The first-order valence-electron chi connectivity index (χ1n) is 9.80. The van der Waals surface area contributed by atoms with E-state index in [1.54, 1.807) is 18.1 Å². The van der Waals surface area contributed by atoms with Crippen molar-refractivity contribution in [3.8, 4) is 11.5 Å². The van der Waals surface area contributed by atoms with Crippen molar-refractivity contribution in [3.05, 3.63) is 54.1 Å². The lowest BCUT2D eigenvalue weighted by molar-refractivity contribution is -0.125. The number of methoxy groups -OCH3 is 1. The Morgan fingerprint density at radius 2 is 2.03 bits per heavy atom. The molecule has 0 bridgehead atoms. The van der Waals surface area contributed by atoms with Crippen molar-refractivity contribution in [2.24, 2.45) is 5.73 Å². The smallest absolute Gasteiger partial charge is 0.260 e. The molecule has 7 heteroatoms. The number of hydrogen-bond acceptors (Lipinski definition) is 5. The van der Waals surface area contributed by atoms with Crippen LogP contribution in [-0.4, -0.2) is 49.6 Å². The van der Waals surface area contributed by atoms with Gasteiger partial charge in [-0.3, -0.25) is 14.5 Å². The third-order valence-electron chi connectivity index (χ3n) is 5.57. The van der Waals surface area contributed by atoms with E-state index in [4.69, 9.17) is 15.2 Å². The average Bonchev–Trinajstić information content (AvgIpc) is 3.20. The first kappa shape index (κ1) is 19.3. The Hall–Kier alpha value is -3.06. The SMILES string of the molecule is COc1cccc(C2CCCN2CC(=O)N2CC(C(N)=O)Oc3ccccc32)c1. The molecule has 4 rings (SSSR count). The number of ether oxygens (including phenoxy) is 2.